The molecule has 0 N–H and O–H groups in total. The molecule has 122 valence electrons. The van der Waals surface area contributed by atoms with Crippen LogP contribution in [0.2, 0.25) is 0 Å². The highest BCUT2D eigenvalue weighted by Crippen LogP contribution is 2.47. The summed E-state index contributed by atoms with van der Waals surface area (Å²) in [4.78, 5) is 0. The van der Waals surface area contributed by atoms with Crippen molar-refractivity contribution in [1.82, 2.24) is 0 Å². The second kappa shape index (κ2) is 6.86. The fourth-order valence-corrected chi connectivity index (χ4v) is 3.07. The first-order chi connectivity index (χ1) is 10.4. The van der Waals surface area contributed by atoms with Gasteiger partial charge in [0, 0.05) is 12.2 Å². The summed E-state index contributed by atoms with van der Waals surface area (Å²) in [5, 5.41) is -0.429. The second-order valence-corrected chi connectivity index (χ2v) is 5.79. The van der Waals surface area contributed by atoms with Gasteiger partial charge in [-0.3, -0.25) is 0 Å². The maximum Gasteiger partial charge on any atom is 0.429 e. The number of thiocarbonyl (C=S) groups is 1. The van der Waals surface area contributed by atoms with E-state index in [9.17, 15) is 13.2 Å². The number of unbranched alkanes of at least 4 members (excludes halogenated alkanes) is 3. The first-order valence-electron chi connectivity index (χ1n) is 7.42. The third-order valence-corrected chi connectivity index (χ3v) is 4.04. The topological polar surface area (TPSA) is 18.5 Å². The van der Waals surface area contributed by atoms with Gasteiger partial charge in [-0.05, 0) is 18.4 Å². The summed E-state index contributed by atoms with van der Waals surface area (Å²) in [7, 11) is 0. The number of halogens is 3. The minimum absolute atomic E-state index is 0.224. The zero-order valence-corrected chi connectivity index (χ0v) is 13.2. The fraction of sp³-hybridized carbons (Fsp3) is 0.562. The maximum atomic E-state index is 13.4. The Morgan fingerprint density at radius 2 is 1.82 bits per heavy atom. The lowest BCUT2D eigenvalue weighted by Crippen LogP contribution is -2.46. The summed E-state index contributed by atoms with van der Waals surface area (Å²) in [6.07, 6.45) is -2.91. The van der Waals surface area contributed by atoms with E-state index in [4.69, 9.17) is 21.7 Å². The minimum atomic E-state index is -4.54. The average Bonchev–Trinajstić information content (AvgIpc) is 2.83. The minimum Gasteiger partial charge on any atom is -0.441 e. The number of hydrogen-bond acceptors (Lipinski definition) is 3. The van der Waals surface area contributed by atoms with Gasteiger partial charge >= 0.3 is 11.4 Å². The summed E-state index contributed by atoms with van der Waals surface area (Å²) in [5.41, 5.74) is -1.13. The van der Waals surface area contributed by atoms with Gasteiger partial charge in [-0.25, -0.2) is 0 Å². The zero-order chi connectivity index (χ0) is 16.2. The lowest BCUT2D eigenvalue weighted by Gasteiger charge is -2.32. The molecule has 2 atom stereocenters. The Bertz CT molecular complexity index is 504. The van der Waals surface area contributed by atoms with E-state index in [1.54, 1.807) is 30.3 Å². The molecule has 1 aromatic rings. The van der Waals surface area contributed by atoms with Crippen molar-refractivity contribution in [2.75, 3.05) is 0 Å². The summed E-state index contributed by atoms with van der Waals surface area (Å²) in [6, 6.07) is 8.42. The Hall–Kier alpha value is -1.30. The molecule has 2 nitrogen and oxygen atoms in total. The molecule has 0 unspecified atom stereocenters. The van der Waals surface area contributed by atoms with Gasteiger partial charge in [0.25, 0.3) is 0 Å². The molecule has 0 spiro atoms. The van der Waals surface area contributed by atoms with Crippen molar-refractivity contribution in [3.8, 4) is 0 Å². The molecular formula is C16H19F3O2S. The molecule has 6 heteroatoms. The fourth-order valence-electron chi connectivity index (χ4n) is 2.82. The molecule has 1 aliphatic rings. The zero-order valence-electron chi connectivity index (χ0n) is 12.4. The van der Waals surface area contributed by atoms with E-state index >= 15 is 0 Å². The van der Waals surface area contributed by atoms with Gasteiger partial charge in [0.2, 0.25) is 6.10 Å². The Labute approximate surface area is 133 Å². The number of ether oxygens (including phenoxy) is 2. The quantitative estimate of drug-likeness (QED) is 0.532. The molecule has 0 aliphatic carbocycles. The Morgan fingerprint density at radius 1 is 1.14 bits per heavy atom. The highest BCUT2D eigenvalue weighted by molar-refractivity contribution is 7.79. The lowest BCUT2D eigenvalue weighted by atomic mass is 9.83. The molecule has 1 fully saturated rings. The van der Waals surface area contributed by atoms with Gasteiger partial charge in [-0.2, -0.15) is 13.2 Å². The number of rotatable bonds is 6. The first-order valence-corrected chi connectivity index (χ1v) is 7.83. The van der Waals surface area contributed by atoms with Gasteiger partial charge in [0.05, 0.1) is 0 Å². The van der Waals surface area contributed by atoms with Crippen LogP contribution in [0.5, 0.6) is 0 Å². The van der Waals surface area contributed by atoms with Crippen molar-refractivity contribution in [3.63, 3.8) is 0 Å². The highest BCUT2D eigenvalue weighted by atomic mass is 32.1. The second-order valence-electron chi connectivity index (χ2n) is 5.46. The summed E-state index contributed by atoms with van der Waals surface area (Å²) in [6.45, 7) is 2.05. The molecule has 1 aromatic carbocycles. The van der Waals surface area contributed by atoms with Crippen LogP contribution in [0.25, 0.3) is 0 Å². The van der Waals surface area contributed by atoms with Crippen LogP contribution in [0.4, 0.5) is 13.2 Å². The number of benzene rings is 1. The molecule has 0 saturated carbocycles. The van der Waals surface area contributed by atoms with Crippen molar-refractivity contribution in [1.29, 1.82) is 0 Å². The first kappa shape index (κ1) is 17.1. The standard InChI is InChI=1S/C16H19F3O2S/c1-2-3-4-8-11-15(12-9-6-5-7-10-12)13(16(17,18)19)20-14(22)21-15/h5-7,9-10,13H,2-4,8,11H2,1H3/t13-,15-/m0/s1. The van der Waals surface area contributed by atoms with E-state index in [0.717, 1.165) is 19.3 Å². The average molecular weight is 332 g/mol. The Balaban J connectivity index is 2.34. The smallest absolute Gasteiger partial charge is 0.429 e. The Morgan fingerprint density at radius 3 is 2.41 bits per heavy atom. The Kier molecular flexibility index (Phi) is 5.32. The molecule has 22 heavy (non-hydrogen) atoms. The molecule has 0 bridgehead atoms. The van der Waals surface area contributed by atoms with Gasteiger partial charge < -0.3 is 9.47 Å². The molecule has 2 rings (SSSR count). The van der Waals surface area contributed by atoms with Crippen molar-refractivity contribution in [3.05, 3.63) is 35.9 Å². The van der Waals surface area contributed by atoms with Crippen LogP contribution in [0.3, 0.4) is 0 Å². The van der Waals surface area contributed by atoms with Gasteiger partial charge in [-0.15, -0.1) is 0 Å². The van der Waals surface area contributed by atoms with Crippen LogP contribution in [-0.4, -0.2) is 17.5 Å². The van der Waals surface area contributed by atoms with Gasteiger partial charge in [0.1, 0.15) is 0 Å². The van der Waals surface area contributed by atoms with Crippen LogP contribution >= 0.6 is 12.2 Å². The molecule has 0 aromatic heterocycles. The third kappa shape index (κ3) is 3.54. The molecule has 1 saturated heterocycles. The monoisotopic (exact) mass is 332 g/mol. The molecule has 0 amide bonds. The molecule has 1 heterocycles. The van der Waals surface area contributed by atoms with Crippen molar-refractivity contribution < 1.29 is 22.6 Å². The van der Waals surface area contributed by atoms with E-state index in [0.29, 0.717) is 12.0 Å². The van der Waals surface area contributed by atoms with E-state index in [2.05, 4.69) is 6.92 Å². The van der Waals surface area contributed by atoms with Crippen LogP contribution in [-0.2, 0) is 15.1 Å². The van der Waals surface area contributed by atoms with E-state index in [1.807, 2.05) is 0 Å². The molecular weight excluding hydrogens is 313 g/mol. The van der Waals surface area contributed by atoms with Crippen LogP contribution in [0.15, 0.2) is 30.3 Å². The van der Waals surface area contributed by atoms with E-state index < -0.39 is 23.1 Å². The van der Waals surface area contributed by atoms with Crippen LogP contribution in [0, 0.1) is 0 Å². The molecule has 1 aliphatic heterocycles. The SMILES string of the molecule is CCCCCC[C@@]1(c2ccccc2)OC(=S)O[C@@H]1C(F)(F)F. The number of alkyl halides is 3. The van der Waals surface area contributed by atoms with E-state index in [1.165, 1.54) is 0 Å². The maximum absolute atomic E-state index is 13.4. The summed E-state index contributed by atoms with van der Waals surface area (Å²) < 4.78 is 50.6. The normalized spacial score (nSPS) is 24.9. The molecule has 0 radical (unpaired) electrons. The lowest BCUT2D eigenvalue weighted by molar-refractivity contribution is -0.224. The summed E-state index contributed by atoms with van der Waals surface area (Å²) >= 11 is 4.77. The largest absolute Gasteiger partial charge is 0.441 e. The van der Waals surface area contributed by atoms with Gasteiger partial charge in [0.15, 0.2) is 5.60 Å². The third-order valence-electron chi connectivity index (χ3n) is 3.86. The predicted octanol–water partition coefficient (Wildman–Crippen LogP) is 5.11. The van der Waals surface area contributed by atoms with Crippen molar-refractivity contribution in [2.24, 2.45) is 0 Å². The van der Waals surface area contributed by atoms with Crippen LogP contribution in [0.1, 0.15) is 44.6 Å². The number of hydrogen-bond donors (Lipinski definition) is 0. The highest BCUT2D eigenvalue weighted by Gasteiger charge is 2.62. The van der Waals surface area contributed by atoms with Crippen molar-refractivity contribution >= 4 is 17.5 Å². The summed E-state index contributed by atoms with van der Waals surface area (Å²) in [5.74, 6) is 0. The van der Waals surface area contributed by atoms with Crippen LogP contribution < -0.4 is 0 Å². The predicted molar refractivity (Wildman–Crippen MR) is 81.5 cm³/mol. The van der Waals surface area contributed by atoms with Crippen molar-refractivity contribution in [2.45, 2.75) is 56.9 Å². The van der Waals surface area contributed by atoms with Gasteiger partial charge in [-0.1, -0.05) is 56.5 Å². The van der Waals surface area contributed by atoms with E-state index in [-0.39, 0.29) is 6.42 Å².